The Bertz CT molecular complexity index is 1310. The number of nitrogens with two attached hydrogens (primary N) is 1. The molecule has 2 unspecified atom stereocenters. The molecule has 3 rings (SSSR count). The van der Waals surface area contributed by atoms with Gasteiger partial charge in [-0.25, -0.2) is 4.39 Å². The number of aryl methyl sites for hydroxylation is 1. The zero-order chi connectivity index (χ0) is 31.1. The third-order valence-electron chi connectivity index (χ3n) is 7.44. The molecule has 0 aromatic heterocycles. The number of hydrogen-bond donors (Lipinski definition) is 1. The fraction of sp³-hybridized carbons (Fsp3) is 0.464. The molecular formula is C28H30F7N3O3. The Balaban J connectivity index is 1.96. The molecule has 2 aromatic rings. The Morgan fingerprint density at radius 2 is 1.54 bits per heavy atom. The van der Waals surface area contributed by atoms with E-state index in [1.165, 1.54) is 44.0 Å². The van der Waals surface area contributed by atoms with Crippen LogP contribution in [0.5, 0.6) is 0 Å². The van der Waals surface area contributed by atoms with E-state index in [1.54, 1.807) is 6.92 Å². The van der Waals surface area contributed by atoms with Crippen LogP contribution in [-0.4, -0.2) is 47.7 Å². The van der Waals surface area contributed by atoms with Crippen LogP contribution < -0.4 is 5.73 Å². The SMILES string of the molecule is Cc1cc(F)ccc1C1CN(C(=O)C(C)(C)C(N)=O)CCC1C(=O)N(C)Cc1cc(C(F)(F)F)cc(C(F)(F)F)c1. The summed E-state index contributed by atoms with van der Waals surface area (Å²) in [5.41, 5.74) is 1.51. The maximum atomic E-state index is 13.9. The van der Waals surface area contributed by atoms with Gasteiger partial charge in [0.15, 0.2) is 0 Å². The first-order valence-corrected chi connectivity index (χ1v) is 12.6. The van der Waals surface area contributed by atoms with Crippen LogP contribution in [0.2, 0.25) is 0 Å². The summed E-state index contributed by atoms with van der Waals surface area (Å²) in [4.78, 5) is 41.1. The summed E-state index contributed by atoms with van der Waals surface area (Å²) >= 11 is 0. The molecule has 6 nitrogen and oxygen atoms in total. The second-order valence-electron chi connectivity index (χ2n) is 10.9. The van der Waals surface area contributed by atoms with Gasteiger partial charge < -0.3 is 15.5 Å². The summed E-state index contributed by atoms with van der Waals surface area (Å²) in [6.45, 7) is 3.79. The Kier molecular flexibility index (Phi) is 8.81. The maximum Gasteiger partial charge on any atom is 0.416 e. The van der Waals surface area contributed by atoms with E-state index < -0.39 is 70.8 Å². The van der Waals surface area contributed by atoms with Gasteiger partial charge in [-0.05, 0) is 74.2 Å². The third-order valence-corrected chi connectivity index (χ3v) is 7.44. The van der Waals surface area contributed by atoms with Crippen LogP contribution in [0.25, 0.3) is 0 Å². The average Bonchev–Trinajstić information content (AvgIpc) is 2.86. The van der Waals surface area contributed by atoms with Crippen molar-refractivity contribution >= 4 is 17.7 Å². The van der Waals surface area contributed by atoms with Crippen LogP contribution in [-0.2, 0) is 33.3 Å². The number of amides is 3. The quantitative estimate of drug-likeness (QED) is 0.368. The Hall–Kier alpha value is -3.64. The molecule has 2 atom stereocenters. The number of hydrogen-bond acceptors (Lipinski definition) is 3. The van der Waals surface area contributed by atoms with E-state index in [0.29, 0.717) is 23.3 Å². The fourth-order valence-electron chi connectivity index (χ4n) is 5.05. The lowest BCUT2D eigenvalue weighted by Crippen LogP contribution is -2.53. The van der Waals surface area contributed by atoms with Crippen molar-refractivity contribution in [2.24, 2.45) is 17.1 Å². The molecule has 3 amide bonds. The second kappa shape index (κ2) is 11.3. The molecule has 1 heterocycles. The predicted molar refractivity (Wildman–Crippen MR) is 134 cm³/mol. The highest BCUT2D eigenvalue weighted by molar-refractivity contribution is 6.03. The van der Waals surface area contributed by atoms with Crippen LogP contribution in [0.15, 0.2) is 36.4 Å². The molecular weight excluding hydrogens is 559 g/mol. The summed E-state index contributed by atoms with van der Waals surface area (Å²) < 4.78 is 93.8. The highest BCUT2D eigenvalue weighted by atomic mass is 19.4. The molecule has 1 saturated heterocycles. The number of benzene rings is 2. The first-order chi connectivity index (χ1) is 18.7. The summed E-state index contributed by atoms with van der Waals surface area (Å²) in [6, 6.07) is 5.03. The lowest BCUT2D eigenvalue weighted by molar-refractivity contribution is -0.151. The normalized spacial score (nSPS) is 18.3. The van der Waals surface area contributed by atoms with Gasteiger partial charge in [0, 0.05) is 38.5 Å². The van der Waals surface area contributed by atoms with Gasteiger partial charge in [-0.2, -0.15) is 26.3 Å². The van der Waals surface area contributed by atoms with Crippen molar-refractivity contribution in [1.82, 2.24) is 9.80 Å². The molecule has 1 fully saturated rings. The predicted octanol–water partition coefficient (Wildman–Crippen LogP) is 5.27. The number of likely N-dealkylation sites (tertiary alicyclic amines) is 1. The first-order valence-electron chi connectivity index (χ1n) is 12.6. The first kappa shape index (κ1) is 31.9. The molecule has 224 valence electrons. The van der Waals surface area contributed by atoms with Crippen molar-refractivity contribution in [1.29, 1.82) is 0 Å². The number of halogens is 7. The molecule has 1 aliphatic heterocycles. The Morgan fingerprint density at radius 1 is 0.976 bits per heavy atom. The fourth-order valence-corrected chi connectivity index (χ4v) is 5.05. The van der Waals surface area contributed by atoms with E-state index in [4.69, 9.17) is 5.73 Å². The number of alkyl halides is 6. The van der Waals surface area contributed by atoms with E-state index in [0.717, 1.165) is 4.90 Å². The van der Waals surface area contributed by atoms with Crippen LogP contribution >= 0.6 is 0 Å². The number of carbonyl (C=O) groups is 3. The monoisotopic (exact) mass is 589 g/mol. The summed E-state index contributed by atoms with van der Waals surface area (Å²) in [5.74, 6) is -4.09. The molecule has 13 heteroatoms. The van der Waals surface area contributed by atoms with Crippen molar-refractivity contribution in [3.05, 3.63) is 70.0 Å². The van der Waals surface area contributed by atoms with Gasteiger partial charge in [0.05, 0.1) is 11.1 Å². The highest BCUT2D eigenvalue weighted by Crippen LogP contribution is 2.39. The Labute approximate surface area is 232 Å². The topological polar surface area (TPSA) is 83.7 Å². The van der Waals surface area contributed by atoms with Crippen molar-refractivity contribution in [3.63, 3.8) is 0 Å². The van der Waals surface area contributed by atoms with Gasteiger partial charge in [-0.1, -0.05) is 6.07 Å². The number of primary amides is 1. The van der Waals surface area contributed by atoms with Gasteiger partial charge >= 0.3 is 12.4 Å². The molecule has 0 bridgehead atoms. The zero-order valence-corrected chi connectivity index (χ0v) is 22.8. The molecule has 0 saturated carbocycles. The number of carbonyl (C=O) groups excluding carboxylic acids is 3. The zero-order valence-electron chi connectivity index (χ0n) is 22.8. The average molecular weight is 590 g/mol. The van der Waals surface area contributed by atoms with Crippen molar-refractivity contribution in [2.75, 3.05) is 20.1 Å². The number of piperidine rings is 1. The molecule has 0 radical (unpaired) electrons. The number of rotatable bonds is 6. The lowest BCUT2D eigenvalue weighted by atomic mass is 9.77. The minimum Gasteiger partial charge on any atom is -0.369 e. The molecule has 2 N–H and O–H groups in total. The van der Waals surface area contributed by atoms with E-state index in [2.05, 4.69) is 0 Å². The second-order valence-corrected chi connectivity index (χ2v) is 10.9. The van der Waals surface area contributed by atoms with E-state index in [-0.39, 0.29) is 31.1 Å². The van der Waals surface area contributed by atoms with E-state index in [1.807, 2.05) is 0 Å². The van der Waals surface area contributed by atoms with Gasteiger partial charge in [0.1, 0.15) is 11.2 Å². The largest absolute Gasteiger partial charge is 0.416 e. The minimum absolute atomic E-state index is 0.0129. The van der Waals surface area contributed by atoms with Crippen LogP contribution in [0, 0.1) is 24.1 Å². The van der Waals surface area contributed by atoms with Crippen LogP contribution in [0.1, 0.15) is 54.0 Å². The summed E-state index contributed by atoms with van der Waals surface area (Å²) in [5, 5.41) is 0. The summed E-state index contributed by atoms with van der Waals surface area (Å²) in [7, 11) is 1.26. The van der Waals surface area contributed by atoms with Gasteiger partial charge in [0.2, 0.25) is 17.7 Å². The standard InChI is InChI=1S/C28H30F7N3O3/c1-15-9-19(29)5-6-20(15)22-14-38(25(41)26(2,3)24(36)40)8-7-21(22)23(39)37(4)13-16-10-17(27(30,31)32)12-18(11-16)28(33,34)35/h5-6,9-12,21-22H,7-8,13-14H2,1-4H3,(H2,36,40). The molecule has 1 aliphatic rings. The Morgan fingerprint density at radius 3 is 2.02 bits per heavy atom. The third kappa shape index (κ3) is 6.99. The summed E-state index contributed by atoms with van der Waals surface area (Å²) in [6.07, 6.45) is -10.0. The van der Waals surface area contributed by atoms with Gasteiger partial charge in [-0.15, -0.1) is 0 Å². The van der Waals surface area contributed by atoms with Crippen molar-refractivity contribution in [3.8, 4) is 0 Å². The molecule has 41 heavy (non-hydrogen) atoms. The van der Waals surface area contributed by atoms with Crippen LogP contribution in [0.4, 0.5) is 30.7 Å². The number of nitrogens with zero attached hydrogens (tertiary/aromatic N) is 2. The smallest absolute Gasteiger partial charge is 0.369 e. The van der Waals surface area contributed by atoms with Crippen molar-refractivity contribution < 1.29 is 45.1 Å². The molecule has 0 spiro atoms. The van der Waals surface area contributed by atoms with Crippen molar-refractivity contribution in [2.45, 2.75) is 52.0 Å². The van der Waals surface area contributed by atoms with Gasteiger partial charge in [-0.3, -0.25) is 14.4 Å². The van der Waals surface area contributed by atoms with E-state index >= 15 is 0 Å². The lowest BCUT2D eigenvalue weighted by Gasteiger charge is -2.42. The van der Waals surface area contributed by atoms with Gasteiger partial charge in [0.25, 0.3) is 0 Å². The highest BCUT2D eigenvalue weighted by Gasteiger charge is 2.44. The van der Waals surface area contributed by atoms with E-state index in [9.17, 15) is 45.1 Å². The minimum atomic E-state index is -5.04. The molecule has 2 aromatic carbocycles. The molecule has 0 aliphatic carbocycles. The van der Waals surface area contributed by atoms with Crippen LogP contribution in [0.3, 0.4) is 0 Å². The maximum absolute atomic E-state index is 13.9.